The smallest absolute Gasteiger partial charge is 0.269 e. The van der Waals surface area contributed by atoms with Gasteiger partial charge in [-0.05, 0) is 13.2 Å². The monoisotopic (exact) mass is 214 g/mol. The lowest BCUT2D eigenvalue weighted by atomic mass is 10.3. The van der Waals surface area contributed by atoms with E-state index in [1.54, 1.807) is 11.8 Å². The second-order valence-corrected chi connectivity index (χ2v) is 3.95. The van der Waals surface area contributed by atoms with E-state index in [9.17, 15) is 4.79 Å². The van der Waals surface area contributed by atoms with Gasteiger partial charge in [0.05, 0.1) is 0 Å². The number of hydrogen-bond acceptors (Lipinski definition) is 4. The first kappa shape index (κ1) is 10.9. The van der Waals surface area contributed by atoms with Crippen LogP contribution in [0.2, 0.25) is 0 Å². The van der Waals surface area contributed by atoms with Gasteiger partial charge in [-0.3, -0.25) is 9.89 Å². The van der Waals surface area contributed by atoms with Crippen molar-refractivity contribution in [1.29, 1.82) is 0 Å². The van der Waals surface area contributed by atoms with Crippen molar-refractivity contribution in [3.8, 4) is 0 Å². The number of H-pyrrole nitrogens is 1. The van der Waals surface area contributed by atoms with Gasteiger partial charge >= 0.3 is 0 Å². The van der Waals surface area contributed by atoms with Crippen molar-refractivity contribution in [1.82, 2.24) is 15.5 Å². The zero-order valence-electron chi connectivity index (χ0n) is 8.20. The number of carbonyl (C=O) groups excluding carboxylic acids is 1. The molecule has 1 aromatic rings. The summed E-state index contributed by atoms with van der Waals surface area (Å²) in [6.07, 6.45) is 2.00. The van der Waals surface area contributed by atoms with Gasteiger partial charge < -0.3 is 11.1 Å². The van der Waals surface area contributed by atoms with E-state index >= 15 is 0 Å². The van der Waals surface area contributed by atoms with Crippen LogP contribution in [-0.2, 0) is 0 Å². The van der Waals surface area contributed by atoms with Crippen LogP contribution in [-0.4, -0.2) is 34.2 Å². The Bertz CT molecular complexity index is 312. The van der Waals surface area contributed by atoms with Crippen molar-refractivity contribution in [2.75, 3.05) is 17.7 Å². The van der Waals surface area contributed by atoms with E-state index in [1.807, 2.05) is 13.2 Å². The van der Waals surface area contributed by atoms with E-state index in [4.69, 9.17) is 5.73 Å². The molecule has 0 bridgehead atoms. The fourth-order valence-corrected chi connectivity index (χ4v) is 1.63. The first-order valence-corrected chi connectivity index (χ1v) is 5.63. The average Bonchev–Trinajstić information content (AvgIpc) is 2.52. The Morgan fingerprint density at radius 3 is 3.07 bits per heavy atom. The first-order valence-electron chi connectivity index (χ1n) is 4.24. The standard InChI is InChI=1S/C8H14N4OS/c1-5(4-14-2)10-8(13)6-3-7(9)12-11-6/h3,5H,4H2,1-2H3,(H,10,13)(H3,9,11,12). The highest BCUT2D eigenvalue weighted by molar-refractivity contribution is 7.98. The molecule has 0 fully saturated rings. The molecule has 1 unspecified atom stereocenters. The molecule has 78 valence electrons. The molecular weight excluding hydrogens is 200 g/mol. The number of nitrogens with one attached hydrogen (secondary N) is 2. The lowest BCUT2D eigenvalue weighted by molar-refractivity contribution is 0.0938. The molecular formula is C8H14N4OS. The highest BCUT2D eigenvalue weighted by atomic mass is 32.2. The van der Waals surface area contributed by atoms with Crippen molar-refractivity contribution in [2.24, 2.45) is 0 Å². The number of thioether (sulfide) groups is 1. The maximum absolute atomic E-state index is 11.5. The second-order valence-electron chi connectivity index (χ2n) is 3.04. The molecule has 0 aliphatic carbocycles. The van der Waals surface area contributed by atoms with Crippen molar-refractivity contribution in [3.63, 3.8) is 0 Å². The SMILES string of the molecule is CSCC(C)NC(=O)c1cc(N)n[nH]1. The molecule has 0 aliphatic heterocycles. The summed E-state index contributed by atoms with van der Waals surface area (Å²) in [7, 11) is 0. The van der Waals surface area contributed by atoms with Gasteiger partial charge in [-0.25, -0.2) is 0 Å². The van der Waals surface area contributed by atoms with Crippen LogP contribution in [0, 0.1) is 0 Å². The van der Waals surface area contributed by atoms with Crippen molar-refractivity contribution in [2.45, 2.75) is 13.0 Å². The molecule has 1 heterocycles. The number of aromatic amines is 1. The van der Waals surface area contributed by atoms with Gasteiger partial charge in [-0.2, -0.15) is 16.9 Å². The summed E-state index contributed by atoms with van der Waals surface area (Å²) in [4.78, 5) is 11.5. The number of nitrogens with two attached hydrogens (primary N) is 1. The van der Waals surface area contributed by atoms with Crippen LogP contribution in [0.3, 0.4) is 0 Å². The molecule has 1 amide bonds. The van der Waals surface area contributed by atoms with E-state index in [0.29, 0.717) is 11.5 Å². The summed E-state index contributed by atoms with van der Waals surface area (Å²) in [6.45, 7) is 1.95. The number of rotatable bonds is 4. The molecule has 0 radical (unpaired) electrons. The Morgan fingerprint density at radius 2 is 2.57 bits per heavy atom. The third-order valence-electron chi connectivity index (χ3n) is 1.64. The lowest BCUT2D eigenvalue weighted by Gasteiger charge is -2.10. The van der Waals surface area contributed by atoms with Crippen LogP contribution >= 0.6 is 11.8 Å². The Morgan fingerprint density at radius 1 is 1.86 bits per heavy atom. The Labute approximate surface area is 86.8 Å². The maximum atomic E-state index is 11.5. The van der Waals surface area contributed by atoms with Gasteiger partial charge in [0.2, 0.25) is 0 Å². The summed E-state index contributed by atoms with van der Waals surface area (Å²) in [6, 6.07) is 1.66. The van der Waals surface area contributed by atoms with Gasteiger partial charge in [0.1, 0.15) is 11.5 Å². The maximum Gasteiger partial charge on any atom is 0.269 e. The fourth-order valence-electron chi connectivity index (χ4n) is 1.05. The van der Waals surface area contributed by atoms with Gasteiger partial charge in [0.15, 0.2) is 0 Å². The van der Waals surface area contributed by atoms with E-state index < -0.39 is 0 Å². The molecule has 6 heteroatoms. The number of nitrogens with zero attached hydrogens (tertiary/aromatic N) is 1. The molecule has 1 rings (SSSR count). The number of hydrogen-bond donors (Lipinski definition) is 3. The summed E-state index contributed by atoms with van der Waals surface area (Å²) in [5, 5.41) is 9.06. The van der Waals surface area contributed by atoms with E-state index in [1.165, 1.54) is 6.07 Å². The number of nitrogen functional groups attached to an aromatic ring is 1. The molecule has 1 atom stereocenters. The van der Waals surface area contributed by atoms with Crippen LogP contribution < -0.4 is 11.1 Å². The summed E-state index contributed by atoms with van der Waals surface area (Å²) in [5.41, 5.74) is 5.78. The number of carbonyl (C=O) groups is 1. The Hall–Kier alpha value is -1.17. The third-order valence-corrected chi connectivity index (χ3v) is 2.47. The van der Waals surface area contributed by atoms with Crippen molar-refractivity contribution in [3.05, 3.63) is 11.8 Å². The topological polar surface area (TPSA) is 83.8 Å². The highest BCUT2D eigenvalue weighted by Gasteiger charge is 2.11. The number of amides is 1. The summed E-state index contributed by atoms with van der Waals surface area (Å²) >= 11 is 1.69. The Kier molecular flexibility index (Phi) is 3.82. The van der Waals surface area contributed by atoms with Gasteiger partial charge in [0.25, 0.3) is 5.91 Å². The number of anilines is 1. The fraction of sp³-hybridized carbons (Fsp3) is 0.500. The third kappa shape index (κ3) is 2.95. The van der Waals surface area contributed by atoms with Crippen LogP contribution in [0.4, 0.5) is 5.82 Å². The molecule has 0 saturated heterocycles. The van der Waals surface area contributed by atoms with E-state index in [2.05, 4.69) is 15.5 Å². The second kappa shape index (κ2) is 4.90. The average molecular weight is 214 g/mol. The van der Waals surface area contributed by atoms with Crippen molar-refractivity contribution < 1.29 is 4.79 Å². The lowest BCUT2D eigenvalue weighted by Crippen LogP contribution is -2.34. The minimum atomic E-state index is -0.171. The van der Waals surface area contributed by atoms with E-state index in [-0.39, 0.29) is 11.9 Å². The molecule has 4 N–H and O–H groups in total. The van der Waals surface area contributed by atoms with Crippen LogP contribution in [0.15, 0.2) is 6.07 Å². The molecule has 0 aromatic carbocycles. The zero-order valence-corrected chi connectivity index (χ0v) is 9.02. The predicted molar refractivity (Wildman–Crippen MR) is 58.3 cm³/mol. The molecule has 1 aromatic heterocycles. The quantitative estimate of drug-likeness (QED) is 0.680. The Balaban J connectivity index is 2.50. The van der Waals surface area contributed by atoms with Crippen LogP contribution in [0.1, 0.15) is 17.4 Å². The normalized spacial score (nSPS) is 12.4. The number of aromatic nitrogens is 2. The minimum absolute atomic E-state index is 0.141. The molecule has 14 heavy (non-hydrogen) atoms. The molecule has 0 spiro atoms. The van der Waals surface area contributed by atoms with E-state index in [0.717, 1.165) is 5.75 Å². The first-order chi connectivity index (χ1) is 6.63. The summed E-state index contributed by atoms with van der Waals surface area (Å²) in [5.74, 6) is 1.04. The van der Waals surface area contributed by atoms with Crippen molar-refractivity contribution >= 4 is 23.5 Å². The van der Waals surface area contributed by atoms with Gasteiger partial charge in [-0.15, -0.1) is 0 Å². The molecule has 0 saturated carbocycles. The highest BCUT2D eigenvalue weighted by Crippen LogP contribution is 2.02. The van der Waals surface area contributed by atoms with Crippen LogP contribution in [0.25, 0.3) is 0 Å². The molecule has 5 nitrogen and oxygen atoms in total. The van der Waals surface area contributed by atoms with Gasteiger partial charge in [0, 0.05) is 17.9 Å². The molecule has 0 aliphatic rings. The predicted octanol–water partition coefficient (Wildman–Crippen LogP) is 0.473. The van der Waals surface area contributed by atoms with Gasteiger partial charge in [-0.1, -0.05) is 0 Å². The minimum Gasteiger partial charge on any atom is -0.382 e. The zero-order chi connectivity index (χ0) is 10.6. The largest absolute Gasteiger partial charge is 0.382 e. The summed E-state index contributed by atoms with van der Waals surface area (Å²) < 4.78 is 0. The van der Waals surface area contributed by atoms with Crippen LogP contribution in [0.5, 0.6) is 0 Å².